The van der Waals surface area contributed by atoms with Crippen molar-refractivity contribution in [2.75, 3.05) is 24.3 Å². The van der Waals surface area contributed by atoms with Gasteiger partial charge in [-0.1, -0.05) is 30.3 Å². The summed E-state index contributed by atoms with van der Waals surface area (Å²) in [5.41, 5.74) is 9.61. The summed E-state index contributed by atoms with van der Waals surface area (Å²) in [7, 11) is 1.29. The third-order valence-corrected chi connectivity index (χ3v) is 6.23. The lowest BCUT2D eigenvalue weighted by Gasteiger charge is -2.24. The molecular formula is C28H29N5O4. The fraction of sp³-hybridized carbons (Fsp3) is 0.214. The van der Waals surface area contributed by atoms with Crippen LogP contribution in [0, 0.1) is 5.41 Å². The Bertz CT molecular complexity index is 1310. The number of nitrogens with one attached hydrogen (secondary N) is 3. The Morgan fingerprint density at radius 2 is 1.78 bits per heavy atom. The van der Waals surface area contributed by atoms with E-state index in [1.54, 1.807) is 47.4 Å². The highest BCUT2D eigenvalue weighted by molar-refractivity contribution is 6.05. The van der Waals surface area contributed by atoms with Gasteiger partial charge in [-0.3, -0.25) is 19.8 Å². The Morgan fingerprint density at radius 1 is 1.08 bits per heavy atom. The molecular weight excluding hydrogens is 470 g/mol. The van der Waals surface area contributed by atoms with Crippen molar-refractivity contribution in [3.63, 3.8) is 0 Å². The number of amides is 2. The van der Waals surface area contributed by atoms with Crippen molar-refractivity contribution in [3.8, 4) is 0 Å². The van der Waals surface area contributed by atoms with Crippen LogP contribution < -0.4 is 16.4 Å². The van der Waals surface area contributed by atoms with Crippen LogP contribution in [0.1, 0.15) is 33.5 Å². The Kier molecular flexibility index (Phi) is 7.83. The van der Waals surface area contributed by atoms with Crippen LogP contribution in [0.15, 0.2) is 72.8 Å². The predicted molar refractivity (Wildman–Crippen MR) is 141 cm³/mol. The van der Waals surface area contributed by atoms with Crippen LogP contribution in [0.5, 0.6) is 0 Å². The molecule has 0 saturated heterocycles. The number of hydrogen-bond donors (Lipinski definition) is 4. The third kappa shape index (κ3) is 6.32. The number of methoxy groups -OCH3 is 1. The molecule has 0 unspecified atom stereocenters. The normalized spacial score (nSPS) is 14.7. The Balaban J connectivity index is 1.56. The lowest BCUT2D eigenvalue weighted by Crippen LogP contribution is -2.42. The maximum atomic E-state index is 13.4. The number of benzene rings is 3. The minimum absolute atomic E-state index is 0.0482. The number of amidine groups is 1. The van der Waals surface area contributed by atoms with E-state index in [9.17, 15) is 14.4 Å². The molecule has 0 fully saturated rings. The molecule has 4 rings (SSSR count). The molecule has 5 N–H and O–H groups in total. The number of rotatable bonds is 8. The van der Waals surface area contributed by atoms with Crippen LogP contribution in [0.25, 0.3) is 0 Å². The second-order valence-corrected chi connectivity index (χ2v) is 8.79. The summed E-state index contributed by atoms with van der Waals surface area (Å²) in [6.45, 7) is 0.751. The molecule has 0 aliphatic carbocycles. The van der Waals surface area contributed by atoms with E-state index in [1.807, 2.05) is 30.3 Å². The van der Waals surface area contributed by atoms with Gasteiger partial charge in [0.15, 0.2) is 0 Å². The summed E-state index contributed by atoms with van der Waals surface area (Å²) in [4.78, 5) is 40.1. The van der Waals surface area contributed by atoms with Crippen molar-refractivity contribution in [2.45, 2.75) is 25.4 Å². The lowest BCUT2D eigenvalue weighted by molar-refractivity contribution is -0.144. The Labute approximate surface area is 215 Å². The van der Waals surface area contributed by atoms with Crippen LogP contribution in [0.4, 0.5) is 11.4 Å². The summed E-state index contributed by atoms with van der Waals surface area (Å²) in [6.07, 6.45) is 0.554. The highest BCUT2D eigenvalue weighted by Gasteiger charge is 2.31. The quantitative estimate of drug-likeness (QED) is 0.213. The molecule has 2 amide bonds. The zero-order valence-electron chi connectivity index (χ0n) is 20.5. The van der Waals surface area contributed by atoms with Crippen LogP contribution in [0.3, 0.4) is 0 Å². The maximum Gasteiger partial charge on any atom is 0.308 e. The SMILES string of the molecule is COC(=O)C[C@H]1Nc2ccc(C(=O)Nc3ccc(C(=N)N)cc3)cc2CN(CCc2ccccc2)C1=O. The number of nitrogens with zero attached hydrogens (tertiary/aromatic N) is 1. The van der Waals surface area contributed by atoms with E-state index in [-0.39, 0.29) is 24.1 Å². The average molecular weight is 500 g/mol. The molecule has 9 nitrogen and oxygen atoms in total. The topological polar surface area (TPSA) is 138 Å². The number of ether oxygens (including phenoxy) is 1. The number of nitrogen functional groups attached to an aromatic ring is 1. The molecule has 0 saturated carbocycles. The predicted octanol–water partition coefficient (Wildman–Crippen LogP) is 3.15. The van der Waals surface area contributed by atoms with E-state index >= 15 is 0 Å². The molecule has 190 valence electrons. The van der Waals surface area contributed by atoms with Crippen LogP contribution >= 0.6 is 0 Å². The van der Waals surface area contributed by atoms with E-state index in [0.29, 0.717) is 42.0 Å². The molecule has 3 aromatic rings. The zero-order chi connectivity index (χ0) is 26.4. The molecule has 1 heterocycles. The molecule has 3 aromatic carbocycles. The van der Waals surface area contributed by atoms with Crippen molar-refractivity contribution in [3.05, 3.63) is 95.1 Å². The van der Waals surface area contributed by atoms with Gasteiger partial charge in [0.05, 0.1) is 13.5 Å². The first-order chi connectivity index (χ1) is 17.8. The van der Waals surface area contributed by atoms with Crippen molar-refractivity contribution in [1.29, 1.82) is 5.41 Å². The van der Waals surface area contributed by atoms with Gasteiger partial charge in [0.2, 0.25) is 5.91 Å². The van der Waals surface area contributed by atoms with Gasteiger partial charge < -0.3 is 26.0 Å². The first kappa shape index (κ1) is 25.4. The number of fused-ring (bicyclic) bond motifs is 1. The molecule has 0 bridgehead atoms. The minimum atomic E-state index is -0.774. The molecule has 9 heteroatoms. The number of carbonyl (C=O) groups is 3. The Hall–Kier alpha value is -4.66. The van der Waals surface area contributed by atoms with Crippen molar-refractivity contribution < 1.29 is 19.1 Å². The first-order valence-electron chi connectivity index (χ1n) is 11.9. The molecule has 0 aromatic heterocycles. The van der Waals surface area contributed by atoms with E-state index in [1.165, 1.54) is 7.11 Å². The fourth-order valence-electron chi connectivity index (χ4n) is 4.18. The number of anilines is 2. The summed E-state index contributed by atoms with van der Waals surface area (Å²) in [5.74, 6) is -1.04. The van der Waals surface area contributed by atoms with Gasteiger partial charge in [-0.25, -0.2) is 0 Å². The molecule has 0 spiro atoms. The largest absolute Gasteiger partial charge is 0.469 e. The van der Waals surface area contributed by atoms with Crippen molar-refractivity contribution in [1.82, 2.24) is 4.90 Å². The molecule has 37 heavy (non-hydrogen) atoms. The highest BCUT2D eigenvalue weighted by Crippen LogP contribution is 2.26. The Morgan fingerprint density at radius 3 is 2.46 bits per heavy atom. The maximum absolute atomic E-state index is 13.4. The monoisotopic (exact) mass is 499 g/mol. The summed E-state index contributed by atoms with van der Waals surface area (Å²) >= 11 is 0. The second kappa shape index (κ2) is 11.4. The summed E-state index contributed by atoms with van der Waals surface area (Å²) in [6, 6.07) is 21.0. The standard InChI is InChI=1S/C28H29N5O4/c1-37-25(34)16-24-28(36)33(14-13-18-5-3-2-4-6-18)17-21-15-20(9-12-23(21)32-24)27(35)31-22-10-7-19(8-11-22)26(29)30/h2-12,15,24,32H,13-14,16-17H2,1H3,(H3,29,30)(H,31,35)/t24-/m1/s1. The van der Waals surface area contributed by atoms with Gasteiger partial charge in [0.25, 0.3) is 5.91 Å². The van der Waals surface area contributed by atoms with Crippen molar-refractivity contribution in [2.24, 2.45) is 5.73 Å². The van der Waals surface area contributed by atoms with Crippen LogP contribution in [-0.2, 0) is 27.3 Å². The second-order valence-electron chi connectivity index (χ2n) is 8.79. The van der Waals surface area contributed by atoms with Gasteiger partial charge in [-0.05, 0) is 60.0 Å². The molecule has 1 aliphatic rings. The van der Waals surface area contributed by atoms with E-state index in [0.717, 1.165) is 11.1 Å². The third-order valence-electron chi connectivity index (χ3n) is 6.23. The molecule has 1 atom stereocenters. The zero-order valence-corrected chi connectivity index (χ0v) is 20.5. The van der Waals surface area contributed by atoms with Crippen LogP contribution in [-0.4, -0.2) is 48.2 Å². The van der Waals surface area contributed by atoms with Crippen molar-refractivity contribution >= 4 is 35.0 Å². The highest BCUT2D eigenvalue weighted by atomic mass is 16.5. The van der Waals surface area contributed by atoms with Crippen LogP contribution in [0.2, 0.25) is 0 Å². The molecule has 0 radical (unpaired) electrons. The summed E-state index contributed by atoms with van der Waals surface area (Å²) < 4.78 is 4.80. The van der Waals surface area contributed by atoms with Gasteiger partial charge in [-0.2, -0.15) is 0 Å². The number of esters is 1. The smallest absolute Gasteiger partial charge is 0.308 e. The number of nitrogens with two attached hydrogens (primary N) is 1. The summed E-state index contributed by atoms with van der Waals surface area (Å²) in [5, 5.41) is 13.5. The fourth-order valence-corrected chi connectivity index (χ4v) is 4.18. The van der Waals surface area contributed by atoms with Gasteiger partial charge in [-0.15, -0.1) is 0 Å². The van der Waals surface area contributed by atoms with E-state index in [2.05, 4.69) is 10.6 Å². The lowest BCUT2D eigenvalue weighted by atomic mass is 10.1. The first-order valence-corrected chi connectivity index (χ1v) is 11.9. The number of hydrogen-bond acceptors (Lipinski definition) is 6. The van der Waals surface area contributed by atoms with E-state index < -0.39 is 12.0 Å². The average Bonchev–Trinajstić information content (AvgIpc) is 3.03. The number of carbonyl (C=O) groups excluding carboxylic acids is 3. The minimum Gasteiger partial charge on any atom is -0.469 e. The molecule has 1 aliphatic heterocycles. The van der Waals surface area contributed by atoms with Gasteiger partial charge in [0, 0.05) is 35.6 Å². The van der Waals surface area contributed by atoms with Gasteiger partial charge in [0.1, 0.15) is 11.9 Å². The van der Waals surface area contributed by atoms with Gasteiger partial charge >= 0.3 is 5.97 Å². The van der Waals surface area contributed by atoms with E-state index in [4.69, 9.17) is 15.9 Å².